The Hall–Kier alpha value is -1.40. The van der Waals surface area contributed by atoms with Gasteiger partial charge in [-0.2, -0.15) is 0 Å². The Kier molecular flexibility index (Phi) is 2.01. The normalized spacial score (nSPS) is 10.6. The molecule has 0 amide bonds. The Morgan fingerprint density at radius 1 is 1.00 bits per heavy atom. The van der Waals surface area contributed by atoms with E-state index in [1.807, 2.05) is 0 Å². The highest BCUT2D eigenvalue weighted by Crippen LogP contribution is 2.32. The lowest BCUT2D eigenvalue weighted by Gasteiger charge is -1.95. The number of rotatable bonds is 2. The standard InChI is InChI=1S/C8H4O4S2/c9-6(10)4-1-3-2-5(7(11)12)14-8(3)13-4/h1-2H,(H,9,10)(H,11,12)/p-2. The molecule has 0 spiro atoms. The van der Waals surface area contributed by atoms with Gasteiger partial charge >= 0.3 is 0 Å². The van der Waals surface area contributed by atoms with Crippen LogP contribution in [0.4, 0.5) is 0 Å². The van der Waals surface area contributed by atoms with Crippen LogP contribution >= 0.6 is 22.7 Å². The fraction of sp³-hybridized carbons (Fsp3) is 0. The first kappa shape index (κ1) is 9.17. The fourth-order valence-electron chi connectivity index (χ4n) is 1.04. The number of carboxylic acid groups (broad SMARTS) is 2. The fourth-order valence-corrected chi connectivity index (χ4v) is 3.16. The molecule has 0 saturated heterocycles. The molecule has 0 bridgehead atoms. The number of hydrogen-bond acceptors (Lipinski definition) is 6. The van der Waals surface area contributed by atoms with Crippen molar-refractivity contribution in [3.63, 3.8) is 0 Å². The zero-order valence-electron chi connectivity index (χ0n) is 6.60. The smallest absolute Gasteiger partial charge is 0.0879 e. The van der Waals surface area contributed by atoms with Gasteiger partial charge in [0.05, 0.1) is 25.7 Å². The number of aromatic carboxylic acids is 2. The summed E-state index contributed by atoms with van der Waals surface area (Å²) in [6.45, 7) is 0. The lowest BCUT2D eigenvalue weighted by Crippen LogP contribution is -2.21. The van der Waals surface area contributed by atoms with Gasteiger partial charge in [0.1, 0.15) is 0 Å². The maximum absolute atomic E-state index is 10.5. The molecule has 0 aliphatic carbocycles. The molecular weight excluding hydrogens is 224 g/mol. The van der Waals surface area contributed by atoms with Crippen molar-refractivity contribution in [2.45, 2.75) is 0 Å². The summed E-state index contributed by atoms with van der Waals surface area (Å²) in [5.74, 6) is -2.48. The minimum absolute atomic E-state index is 0.108. The monoisotopic (exact) mass is 226 g/mol. The van der Waals surface area contributed by atoms with E-state index in [4.69, 9.17) is 0 Å². The van der Waals surface area contributed by atoms with Crippen LogP contribution in [0.5, 0.6) is 0 Å². The second kappa shape index (κ2) is 3.07. The van der Waals surface area contributed by atoms with E-state index in [9.17, 15) is 19.8 Å². The van der Waals surface area contributed by atoms with E-state index in [1.165, 1.54) is 12.1 Å². The Morgan fingerprint density at radius 3 is 1.71 bits per heavy atom. The first-order valence-corrected chi connectivity index (χ1v) is 5.17. The van der Waals surface area contributed by atoms with E-state index in [0.29, 0.717) is 9.40 Å². The third kappa shape index (κ3) is 1.38. The topological polar surface area (TPSA) is 80.3 Å². The molecular formula is C8H2O4S2-2. The second-order valence-corrected chi connectivity index (χ2v) is 4.90. The molecule has 6 heteroatoms. The Morgan fingerprint density at radius 2 is 1.43 bits per heavy atom. The molecule has 2 rings (SSSR count). The summed E-state index contributed by atoms with van der Waals surface area (Å²) in [6, 6.07) is 2.80. The average molecular weight is 226 g/mol. The zero-order chi connectivity index (χ0) is 10.3. The summed E-state index contributed by atoms with van der Waals surface area (Å²) in [4.78, 5) is 21.1. The van der Waals surface area contributed by atoms with E-state index in [2.05, 4.69) is 0 Å². The highest BCUT2D eigenvalue weighted by atomic mass is 32.2. The van der Waals surface area contributed by atoms with Crippen LogP contribution in [0.1, 0.15) is 19.3 Å². The van der Waals surface area contributed by atoms with Crippen molar-refractivity contribution in [2.75, 3.05) is 0 Å². The molecule has 0 aliphatic heterocycles. The van der Waals surface area contributed by atoms with Crippen LogP contribution in [0.15, 0.2) is 12.1 Å². The van der Waals surface area contributed by atoms with Gasteiger partial charge in [0.25, 0.3) is 0 Å². The highest BCUT2D eigenvalue weighted by Gasteiger charge is 2.07. The predicted molar refractivity (Wildman–Crippen MR) is 48.4 cm³/mol. The first-order valence-electron chi connectivity index (χ1n) is 3.54. The molecule has 0 aromatic carbocycles. The molecule has 14 heavy (non-hydrogen) atoms. The molecule has 0 N–H and O–H groups in total. The lowest BCUT2D eigenvalue weighted by atomic mass is 10.3. The molecule has 72 valence electrons. The first-order chi connectivity index (χ1) is 6.58. The molecule has 2 heterocycles. The van der Waals surface area contributed by atoms with Gasteiger partial charge in [-0.25, -0.2) is 0 Å². The quantitative estimate of drug-likeness (QED) is 0.703. The van der Waals surface area contributed by atoms with Gasteiger partial charge in [0, 0.05) is 5.39 Å². The molecule has 2 aromatic heterocycles. The summed E-state index contributed by atoms with van der Waals surface area (Å²) < 4.78 is 0.656. The van der Waals surface area contributed by atoms with Gasteiger partial charge in [0.2, 0.25) is 0 Å². The van der Waals surface area contributed by atoms with Crippen LogP contribution in [0, 0.1) is 0 Å². The van der Waals surface area contributed by atoms with Crippen LogP contribution in [0.25, 0.3) is 9.40 Å². The Balaban J connectivity index is 2.56. The molecule has 2 aromatic rings. The average Bonchev–Trinajstić information content (AvgIpc) is 2.57. The van der Waals surface area contributed by atoms with E-state index in [-0.39, 0.29) is 9.75 Å². The van der Waals surface area contributed by atoms with Crippen LogP contribution in [0.2, 0.25) is 0 Å². The molecule has 0 radical (unpaired) electrons. The summed E-state index contributed by atoms with van der Waals surface area (Å²) in [5, 5.41) is 21.5. The van der Waals surface area contributed by atoms with Gasteiger partial charge in [-0.15, -0.1) is 22.7 Å². The minimum atomic E-state index is -1.24. The van der Waals surface area contributed by atoms with Crippen molar-refractivity contribution in [1.82, 2.24) is 0 Å². The lowest BCUT2D eigenvalue weighted by molar-refractivity contribution is -0.255. The maximum atomic E-state index is 10.5. The van der Waals surface area contributed by atoms with Crippen LogP contribution < -0.4 is 10.2 Å². The third-order valence-corrected chi connectivity index (χ3v) is 3.97. The number of carboxylic acids is 2. The van der Waals surface area contributed by atoms with Crippen molar-refractivity contribution >= 4 is 44.0 Å². The van der Waals surface area contributed by atoms with Crippen molar-refractivity contribution in [3.8, 4) is 0 Å². The number of carbonyl (C=O) groups is 2. The minimum Gasteiger partial charge on any atom is -0.544 e. The van der Waals surface area contributed by atoms with Crippen molar-refractivity contribution in [3.05, 3.63) is 21.9 Å². The van der Waals surface area contributed by atoms with Crippen LogP contribution in [0.3, 0.4) is 0 Å². The SMILES string of the molecule is O=C([O-])c1cc2cc(C(=O)[O-])sc2s1. The van der Waals surface area contributed by atoms with Gasteiger partial charge in [-0.1, -0.05) is 0 Å². The van der Waals surface area contributed by atoms with Crippen LogP contribution in [-0.4, -0.2) is 11.9 Å². The predicted octanol–water partition coefficient (Wildman–Crippen LogP) is -0.310. The van der Waals surface area contributed by atoms with Crippen LogP contribution in [-0.2, 0) is 0 Å². The van der Waals surface area contributed by atoms with Gasteiger partial charge in [-0.05, 0) is 12.1 Å². The summed E-state index contributed by atoms with van der Waals surface area (Å²) >= 11 is 2.02. The van der Waals surface area contributed by atoms with E-state index < -0.39 is 11.9 Å². The molecule has 0 fully saturated rings. The number of hydrogen-bond donors (Lipinski definition) is 0. The molecule has 0 saturated carbocycles. The van der Waals surface area contributed by atoms with E-state index in [1.54, 1.807) is 0 Å². The summed E-state index contributed by atoms with van der Waals surface area (Å²) in [6.07, 6.45) is 0. The molecule has 0 unspecified atom stereocenters. The Labute approximate surface area is 86.0 Å². The second-order valence-electron chi connectivity index (χ2n) is 2.54. The zero-order valence-corrected chi connectivity index (χ0v) is 8.24. The summed E-state index contributed by atoms with van der Waals surface area (Å²) in [5.41, 5.74) is 0. The van der Waals surface area contributed by atoms with Crippen molar-refractivity contribution < 1.29 is 19.8 Å². The Bertz CT molecular complexity index is 447. The number of carbonyl (C=O) groups excluding carboxylic acids is 2. The largest absolute Gasteiger partial charge is 0.544 e. The maximum Gasteiger partial charge on any atom is 0.0879 e. The van der Waals surface area contributed by atoms with Crippen molar-refractivity contribution in [1.29, 1.82) is 0 Å². The summed E-state index contributed by atoms with van der Waals surface area (Å²) in [7, 11) is 0. The van der Waals surface area contributed by atoms with E-state index >= 15 is 0 Å². The number of fused-ring (bicyclic) bond motifs is 1. The molecule has 0 aliphatic rings. The highest BCUT2D eigenvalue weighted by molar-refractivity contribution is 7.39. The molecule has 4 nitrogen and oxygen atoms in total. The van der Waals surface area contributed by atoms with Crippen molar-refractivity contribution in [2.24, 2.45) is 0 Å². The number of thiophene rings is 2. The van der Waals surface area contributed by atoms with E-state index in [0.717, 1.165) is 22.7 Å². The van der Waals surface area contributed by atoms with Gasteiger partial charge in [0.15, 0.2) is 0 Å². The third-order valence-electron chi connectivity index (χ3n) is 1.62. The van der Waals surface area contributed by atoms with Gasteiger partial charge in [-0.3, -0.25) is 0 Å². The molecule has 0 atom stereocenters. The van der Waals surface area contributed by atoms with Gasteiger partial charge < -0.3 is 19.8 Å².